The lowest BCUT2D eigenvalue weighted by Crippen LogP contribution is -2.66. The summed E-state index contributed by atoms with van der Waals surface area (Å²) in [6.07, 6.45) is -0.221. The molecule has 0 aromatic carbocycles. The molecule has 8 atom stereocenters. The molecule has 4 aliphatic heterocycles. The van der Waals surface area contributed by atoms with E-state index < -0.39 is 36.1 Å². The molecule has 3 amide bonds. The number of thioether (sulfide) groups is 1. The minimum absolute atomic E-state index is 0.00548. The first kappa shape index (κ1) is 25.9. The quantitative estimate of drug-likeness (QED) is 0.191. The molecule has 0 aromatic rings. The van der Waals surface area contributed by atoms with E-state index in [-0.39, 0.29) is 53.7 Å². The fourth-order valence-corrected chi connectivity index (χ4v) is 7.10. The van der Waals surface area contributed by atoms with E-state index in [1.165, 1.54) is 16.7 Å². The van der Waals surface area contributed by atoms with Crippen molar-refractivity contribution in [3.05, 3.63) is 10.6 Å². The zero-order valence-electron chi connectivity index (χ0n) is 20.1. The van der Waals surface area contributed by atoms with Gasteiger partial charge in [0.1, 0.15) is 5.70 Å². The highest BCUT2D eigenvalue weighted by Crippen LogP contribution is 2.51. The van der Waals surface area contributed by atoms with Gasteiger partial charge in [-0.25, -0.2) is 4.79 Å². The van der Waals surface area contributed by atoms with E-state index >= 15 is 0 Å². The number of carbonyl (C=O) groups is 4. The predicted octanol–water partition coefficient (Wildman–Crippen LogP) is -2.52. The fraction of sp³-hybridized carbons (Fsp3) is 0.727. The van der Waals surface area contributed by atoms with Gasteiger partial charge in [-0.2, -0.15) is 0 Å². The highest BCUT2D eigenvalue weighted by atomic mass is 32.2. The Morgan fingerprint density at radius 2 is 2.03 bits per heavy atom. The molecule has 0 unspecified atom stereocenters. The number of fused-ring (bicyclic) bond motifs is 1. The van der Waals surface area contributed by atoms with Gasteiger partial charge < -0.3 is 41.7 Å². The maximum Gasteiger partial charge on any atom is 0.353 e. The molecule has 13 heteroatoms. The molecule has 4 heterocycles. The number of carboxylic acids is 1. The molecule has 0 spiro atoms. The van der Waals surface area contributed by atoms with Crippen LogP contribution in [-0.2, 0) is 19.2 Å². The van der Waals surface area contributed by atoms with Gasteiger partial charge in [0, 0.05) is 47.8 Å². The topological polar surface area (TPSA) is 177 Å². The lowest BCUT2D eigenvalue weighted by atomic mass is 9.78. The molecule has 0 aliphatic carbocycles. The molecular weight excluding hydrogens is 476 g/mol. The summed E-state index contributed by atoms with van der Waals surface area (Å²) < 4.78 is 0. The van der Waals surface area contributed by atoms with Crippen LogP contribution in [0.25, 0.3) is 0 Å². The first-order chi connectivity index (χ1) is 16.5. The molecule has 194 valence electrons. The number of likely N-dealkylation sites (N-methyl/N-ethyl adjacent to an activating group) is 1. The summed E-state index contributed by atoms with van der Waals surface area (Å²) >= 11 is 1.41. The number of hydrogen-bond acceptors (Lipinski definition) is 9. The van der Waals surface area contributed by atoms with E-state index in [9.17, 15) is 29.4 Å². The number of likely N-dealkylation sites (tertiary alicyclic amines) is 1. The van der Waals surface area contributed by atoms with Crippen LogP contribution in [0.15, 0.2) is 10.6 Å². The number of hydrogen-bond donors (Lipinski definition) is 6. The summed E-state index contributed by atoms with van der Waals surface area (Å²) in [6.45, 7) is 4.85. The Kier molecular flexibility index (Phi) is 7.44. The summed E-state index contributed by atoms with van der Waals surface area (Å²) in [6, 6.07) is -1.64. The van der Waals surface area contributed by atoms with Crippen molar-refractivity contribution in [3.8, 4) is 0 Å². The summed E-state index contributed by atoms with van der Waals surface area (Å²) in [7, 11) is 1.66. The minimum Gasteiger partial charge on any atom is -0.477 e. The third-order valence-corrected chi connectivity index (χ3v) is 8.89. The smallest absolute Gasteiger partial charge is 0.353 e. The Hall–Kier alpha value is -2.19. The standard InChI is InChI=1S/C22H34N6O6S/c1-9-17-16(10(2)26-15(30)6-24-3)21(32)28(17)18(22(33)34)19(9)35-11-4-13(25-5-11)20(31)27-7-12(23)14(29)8-27/h9-14,16-17,24-25,29H,4-8,23H2,1-3H3,(H,26,30)(H,33,34)/t9-,10-,11+,12+,13+,14-,16-,17-/m1/s1. The van der Waals surface area contributed by atoms with Gasteiger partial charge in [0.15, 0.2) is 0 Å². The second kappa shape index (κ2) is 10.1. The molecule has 12 nitrogen and oxygen atoms in total. The average Bonchev–Trinajstić information content (AvgIpc) is 3.45. The van der Waals surface area contributed by atoms with Gasteiger partial charge in [0.25, 0.3) is 0 Å². The Balaban J connectivity index is 1.43. The second-order valence-corrected chi connectivity index (χ2v) is 11.2. The molecule has 3 saturated heterocycles. The second-order valence-electron chi connectivity index (χ2n) is 9.83. The van der Waals surface area contributed by atoms with E-state index in [2.05, 4.69) is 16.0 Å². The Morgan fingerprint density at radius 1 is 1.31 bits per heavy atom. The van der Waals surface area contributed by atoms with Gasteiger partial charge in [0.05, 0.1) is 30.7 Å². The highest BCUT2D eigenvalue weighted by Gasteiger charge is 2.60. The van der Waals surface area contributed by atoms with Crippen molar-refractivity contribution in [1.29, 1.82) is 0 Å². The van der Waals surface area contributed by atoms with Crippen molar-refractivity contribution < 1.29 is 29.4 Å². The number of aliphatic hydroxyl groups is 1. The third kappa shape index (κ3) is 4.67. The maximum absolute atomic E-state index is 13.0. The van der Waals surface area contributed by atoms with Crippen molar-refractivity contribution in [3.63, 3.8) is 0 Å². The number of aliphatic hydroxyl groups excluding tert-OH is 1. The Bertz CT molecular complexity index is 935. The number of β-amino-alcohol motifs (C(OH)–C–C–N with tert-alkyl or cyclic N) is 1. The lowest BCUT2D eigenvalue weighted by Gasteiger charge is -2.47. The molecule has 0 saturated carbocycles. The number of rotatable bonds is 8. The zero-order valence-corrected chi connectivity index (χ0v) is 20.9. The number of nitrogens with one attached hydrogen (secondary N) is 3. The van der Waals surface area contributed by atoms with Gasteiger partial charge in [-0.1, -0.05) is 6.92 Å². The van der Waals surface area contributed by atoms with E-state index in [1.807, 2.05) is 6.92 Å². The third-order valence-electron chi connectivity index (χ3n) is 7.38. The van der Waals surface area contributed by atoms with Crippen LogP contribution in [0.5, 0.6) is 0 Å². The maximum atomic E-state index is 13.0. The zero-order chi connectivity index (χ0) is 25.6. The molecule has 7 N–H and O–H groups in total. The van der Waals surface area contributed by atoms with Crippen LogP contribution in [0.2, 0.25) is 0 Å². The number of carboxylic acid groups (broad SMARTS) is 1. The number of carbonyl (C=O) groups excluding carboxylic acids is 3. The molecule has 0 radical (unpaired) electrons. The molecule has 35 heavy (non-hydrogen) atoms. The normalized spacial score (nSPS) is 35.2. The predicted molar refractivity (Wildman–Crippen MR) is 128 cm³/mol. The number of nitrogens with two attached hydrogens (primary N) is 1. The SMILES string of the molecule is CNCC(=O)N[C@H](C)[C@H]1C(=O)N2C(C(=O)O)=C(S[C@@H]3CN[C@H](C(=O)N4C[C@@H](O)[C@@H](N)C4)C3)[C@H](C)[C@H]12. The number of aliphatic carboxylic acids is 1. The van der Waals surface area contributed by atoms with Crippen molar-refractivity contribution >= 4 is 35.5 Å². The minimum atomic E-state index is -1.15. The average molecular weight is 511 g/mol. The van der Waals surface area contributed by atoms with Crippen LogP contribution in [0.4, 0.5) is 0 Å². The van der Waals surface area contributed by atoms with Crippen LogP contribution < -0.4 is 21.7 Å². The van der Waals surface area contributed by atoms with Gasteiger partial charge in [-0.05, 0) is 20.4 Å². The van der Waals surface area contributed by atoms with Crippen molar-refractivity contribution in [2.24, 2.45) is 17.6 Å². The molecule has 0 aromatic heterocycles. The van der Waals surface area contributed by atoms with E-state index in [0.29, 0.717) is 24.4 Å². The van der Waals surface area contributed by atoms with Gasteiger partial charge in [-0.15, -0.1) is 11.8 Å². The van der Waals surface area contributed by atoms with Crippen LogP contribution in [0, 0.1) is 11.8 Å². The van der Waals surface area contributed by atoms with E-state index in [1.54, 1.807) is 18.9 Å². The van der Waals surface area contributed by atoms with Crippen LogP contribution in [0.1, 0.15) is 20.3 Å². The molecule has 3 fully saturated rings. The first-order valence-electron chi connectivity index (χ1n) is 11.9. The Morgan fingerprint density at radius 3 is 2.63 bits per heavy atom. The number of β-lactam (4-membered cyclic amide) rings is 1. The van der Waals surface area contributed by atoms with E-state index in [0.717, 1.165) is 0 Å². The molecule has 4 aliphatic rings. The fourth-order valence-electron chi connectivity index (χ4n) is 5.62. The van der Waals surface area contributed by atoms with Crippen molar-refractivity contribution in [1.82, 2.24) is 25.8 Å². The Labute approximate surface area is 208 Å². The van der Waals surface area contributed by atoms with Gasteiger partial charge in [0.2, 0.25) is 17.7 Å². The lowest BCUT2D eigenvalue weighted by molar-refractivity contribution is -0.158. The number of nitrogens with zero attached hydrogens (tertiary/aromatic N) is 2. The molecule has 4 rings (SSSR count). The first-order valence-corrected chi connectivity index (χ1v) is 12.8. The molecular formula is C22H34N6O6S. The largest absolute Gasteiger partial charge is 0.477 e. The summed E-state index contributed by atoms with van der Waals surface area (Å²) in [5.41, 5.74) is 5.83. The van der Waals surface area contributed by atoms with Crippen LogP contribution in [0.3, 0.4) is 0 Å². The van der Waals surface area contributed by atoms with Gasteiger partial charge >= 0.3 is 5.97 Å². The highest BCUT2D eigenvalue weighted by molar-refractivity contribution is 8.03. The monoisotopic (exact) mass is 510 g/mol. The molecule has 0 bridgehead atoms. The summed E-state index contributed by atoms with van der Waals surface area (Å²) in [5.74, 6) is -2.50. The van der Waals surface area contributed by atoms with E-state index in [4.69, 9.17) is 5.73 Å². The van der Waals surface area contributed by atoms with Crippen LogP contribution >= 0.6 is 11.8 Å². The summed E-state index contributed by atoms with van der Waals surface area (Å²) in [5, 5.41) is 28.6. The van der Waals surface area contributed by atoms with Crippen LogP contribution in [-0.4, -0.2) is 112 Å². The summed E-state index contributed by atoms with van der Waals surface area (Å²) in [4.78, 5) is 53.5. The van der Waals surface area contributed by atoms with Gasteiger partial charge in [-0.3, -0.25) is 14.4 Å². The van der Waals surface area contributed by atoms with Crippen molar-refractivity contribution in [2.45, 2.75) is 55.8 Å². The number of amides is 3. The van der Waals surface area contributed by atoms with Crippen molar-refractivity contribution in [2.75, 3.05) is 33.2 Å².